The second-order valence-corrected chi connectivity index (χ2v) is 6.87. The van der Waals surface area contributed by atoms with Gasteiger partial charge >= 0.3 is 10.1 Å². The predicted molar refractivity (Wildman–Crippen MR) is 42.4 cm³/mol. The molecule has 0 unspecified atom stereocenters. The van der Waals surface area contributed by atoms with Crippen LogP contribution in [0, 0.1) is 0 Å². The lowest BCUT2D eigenvalue weighted by atomic mass is 10.9. The van der Waals surface area contributed by atoms with Crippen LogP contribution in [-0.4, -0.2) is 35.4 Å². The molecule has 0 saturated carbocycles. The predicted octanol–water partition coefficient (Wildman–Crippen LogP) is -0.107. The molecule has 0 heterocycles. The zero-order valence-electron chi connectivity index (χ0n) is 5.31. The molecule has 0 aliphatic carbocycles. The maximum atomic E-state index is 10.2. The number of hydrogen-bond acceptors (Lipinski definition) is 4. The van der Waals surface area contributed by atoms with Crippen LogP contribution in [-0.2, 0) is 20.2 Å². The van der Waals surface area contributed by atoms with Crippen molar-refractivity contribution in [2.45, 2.75) is 3.67 Å². The van der Waals surface area contributed by atoms with Crippen molar-refractivity contribution in [3.8, 4) is 0 Å². The first-order chi connectivity index (χ1) is 4.96. The van der Waals surface area contributed by atoms with Crippen molar-refractivity contribution in [1.82, 2.24) is 0 Å². The Hall–Kier alpha value is 0.400. The molecule has 0 amide bonds. The Labute approximate surface area is 79.0 Å². The van der Waals surface area contributed by atoms with E-state index in [0.29, 0.717) is 0 Å². The van der Waals surface area contributed by atoms with Gasteiger partial charge in [0.15, 0.2) is 0 Å². The molecular weight excluding hydrogens is 255 g/mol. The minimum atomic E-state index is -4.94. The van der Waals surface area contributed by atoms with E-state index in [1.54, 1.807) is 0 Å². The summed E-state index contributed by atoms with van der Waals surface area (Å²) in [6.45, 7) is 0. The monoisotopic (exact) mass is 258 g/mol. The van der Waals surface area contributed by atoms with E-state index in [4.69, 9.17) is 32.3 Å². The van der Waals surface area contributed by atoms with Gasteiger partial charge in [0.25, 0.3) is 13.8 Å². The number of hydrogen-bond donors (Lipinski definition) is 2. The molecule has 0 aromatic heterocycles. The van der Waals surface area contributed by atoms with E-state index in [2.05, 4.69) is 0 Å². The van der Waals surface area contributed by atoms with Crippen LogP contribution >= 0.6 is 23.2 Å². The SMILES string of the molecule is O=S(=O)(O)CC(Cl)(Cl)S(=O)(=O)O. The first kappa shape index (κ1) is 12.4. The Morgan fingerprint density at radius 3 is 1.50 bits per heavy atom. The molecule has 0 aromatic carbocycles. The third-order valence-corrected chi connectivity index (χ3v) is 4.36. The minimum Gasteiger partial charge on any atom is -0.285 e. The summed E-state index contributed by atoms with van der Waals surface area (Å²) in [6.07, 6.45) is 0. The van der Waals surface area contributed by atoms with Gasteiger partial charge in [0.2, 0.25) is 0 Å². The van der Waals surface area contributed by atoms with Crippen LogP contribution in [0.25, 0.3) is 0 Å². The van der Waals surface area contributed by atoms with Crippen molar-refractivity contribution < 1.29 is 25.9 Å². The number of halogens is 2. The van der Waals surface area contributed by atoms with Crippen LogP contribution in [0.1, 0.15) is 0 Å². The lowest BCUT2D eigenvalue weighted by Crippen LogP contribution is -2.33. The van der Waals surface area contributed by atoms with Gasteiger partial charge in [-0.3, -0.25) is 9.11 Å². The molecule has 0 radical (unpaired) electrons. The first-order valence-electron chi connectivity index (χ1n) is 2.26. The van der Waals surface area contributed by atoms with Gasteiger partial charge in [-0.2, -0.15) is 16.8 Å². The molecule has 0 aromatic rings. The average Bonchev–Trinajstić information content (AvgIpc) is 1.52. The molecule has 10 heteroatoms. The lowest BCUT2D eigenvalue weighted by molar-refractivity contribution is 0.464. The summed E-state index contributed by atoms with van der Waals surface area (Å²) in [5.41, 5.74) is 0. The summed E-state index contributed by atoms with van der Waals surface area (Å²) in [6, 6.07) is 0. The molecule has 0 bridgehead atoms. The second kappa shape index (κ2) is 3.28. The highest BCUT2D eigenvalue weighted by Crippen LogP contribution is 2.28. The van der Waals surface area contributed by atoms with E-state index >= 15 is 0 Å². The summed E-state index contributed by atoms with van der Waals surface area (Å²) in [7, 11) is -9.61. The van der Waals surface area contributed by atoms with Gasteiger partial charge in [-0.05, 0) is 0 Å². The Morgan fingerprint density at radius 2 is 1.42 bits per heavy atom. The summed E-state index contributed by atoms with van der Waals surface area (Å²) in [5.74, 6) is -1.50. The summed E-state index contributed by atoms with van der Waals surface area (Å²) in [5, 5.41) is 0. The van der Waals surface area contributed by atoms with Gasteiger partial charge < -0.3 is 0 Å². The minimum absolute atomic E-state index is 1.50. The zero-order chi connectivity index (χ0) is 10.2. The van der Waals surface area contributed by atoms with E-state index in [-0.39, 0.29) is 0 Å². The van der Waals surface area contributed by atoms with Crippen LogP contribution in [0.4, 0.5) is 0 Å². The molecule has 0 spiro atoms. The van der Waals surface area contributed by atoms with E-state index in [1.807, 2.05) is 0 Å². The molecule has 0 saturated heterocycles. The fourth-order valence-corrected chi connectivity index (χ4v) is 2.58. The Morgan fingerprint density at radius 1 is 1.08 bits per heavy atom. The standard InChI is InChI=1S/C2H4Cl2O6S2/c3-2(4,12(8,9)10)1-11(5,6)7/h1H2,(H,5,6,7)(H,8,9,10). The van der Waals surface area contributed by atoms with Crippen LogP contribution in [0.3, 0.4) is 0 Å². The third-order valence-electron chi connectivity index (χ3n) is 0.728. The molecule has 0 aliphatic heterocycles. The Kier molecular flexibility index (Phi) is 3.39. The molecule has 0 aliphatic rings. The second-order valence-electron chi connectivity index (χ2n) is 1.84. The van der Waals surface area contributed by atoms with Gasteiger partial charge in [-0.25, -0.2) is 0 Å². The van der Waals surface area contributed by atoms with Gasteiger partial charge in [-0.1, -0.05) is 23.2 Å². The number of rotatable bonds is 3. The molecule has 6 nitrogen and oxygen atoms in total. The van der Waals surface area contributed by atoms with Crippen molar-refractivity contribution in [1.29, 1.82) is 0 Å². The maximum Gasteiger partial charge on any atom is 0.300 e. The van der Waals surface area contributed by atoms with Crippen LogP contribution < -0.4 is 0 Å². The van der Waals surface area contributed by atoms with Crippen molar-refractivity contribution in [3.05, 3.63) is 0 Å². The molecule has 0 atom stereocenters. The highest BCUT2D eigenvalue weighted by Gasteiger charge is 2.43. The van der Waals surface area contributed by atoms with E-state index < -0.39 is 29.7 Å². The number of alkyl halides is 2. The Bertz CT molecular complexity index is 351. The smallest absolute Gasteiger partial charge is 0.285 e. The van der Waals surface area contributed by atoms with E-state index in [0.717, 1.165) is 0 Å². The fraction of sp³-hybridized carbons (Fsp3) is 1.00. The van der Waals surface area contributed by atoms with Crippen molar-refractivity contribution in [2.75, 3.05) is 5.75 Å². The van der Waals surface area contributed by atoms with Gasteiger partial charge in [0, 0.05) is 0 Å². The molecule has 0 rings (SSSR count). The average molecular weight is 259 g/mol. The summed E-state index contributed by atoms with van der Waals surface area (Å²) >= 11 is 9.77. The van der Waals surface area contributed by atoms with Crippen molar-refractivity contribution in [3.63, 3.8) is 0 Å². The molecule has 74 valence electrons. The van der Waals surface area contributed by atoms with Crippen molar-refractivity contribution >= 4 is 43.4 Å². The topological polar surface area (TPSA) is 109 Å². The highest BCUT2D eigenvalue weighted by atomic mass is 35.5. The van der Waals surface area contributed by atoms with Gasteiger partial charge in [-0.15, -0.1) is 0 Å². The lowest BCUT2D eigenvalue weighted by Gasteiger charge is -2.12. The normalized spacial score (nSPS) is 14.7. The van der Waals surface area contributed by atoms with Crippen LogP contribution in [0.5, 0.6) is 0 Å². The maximum absolute atomic E-state index is 10.2. The molecular formula is C2H4Cl2O6S2. The fourth-order valence-electron chi connectivity index (χ4n) is 0.287. The van der Waals surface area contributed by atoms with Crippen LogP contribution in [0.15, 0.2) is 0 Å². The zero-order valence-corrected chi connectivity index (χ0v) is 8.45. The molecule has 2 N–H and O–H groups in total. The van der Waals surface area contributed by atoms with Crippen molar-refractivity contribution in [2.24, 2.45) is 0 Å². The van der Waals surface area contributed by atoms with Gasteiger partial charge in [0.1, 0.15) is 5.75 Å². The summed E-state index contributed by atoms with van der Waals surface area (Å²) in [4.78, 5) is 0. The largest absolute Gasteiger partial charge is 0.300 e. The summed E-state index contributed by atoms with van der Waals surface area (Å²) < 4.78 is 54.1. The van der Waals surface area contributed by atoms with Gasteiger partial charge in [0.05, 0.1) is 0 Å². The third kappa shape index (κ3) is 3.87. The molecule has 0 fully saturated rings. The first-order valence-corrected chi connectivity index (χ1v) is 6.06. The molecule has 12 heavy (non-hydrogen) atoms. The van der Waals surface area contributed by atoms with Crippen LogP contribution in [0.2, 0.25) is 0 Å². The van der Waals surface area contributed by atoms with E-state index in [1.165, 1.54) is 0 Å². The van der Waals surface area contributed by atoms with E-state index in [9.17, 15) is 16.8 Å². The Balaban J connectivity index is 4.94. The highest BCUT2D eigenvalue weighted by molar-refractivity contribution is 7.93. The quantitative estimate of drug-likeness (QED) is 0.540.